The maximum absolute atomic E-state index is 14.6. The summed E-state index contributed by atoms with van der Waals surface area (Å²) in [6, 6.07) is 14.8. The fourth-order valence-corrected chi connectivity index (χ4v) is 10.4. The molecule has 7 atom stereocenters. The van der Waals surface area contributed by atoms with Gasteiger partial charge in [0.1, 0.15) is 6.04 Å². The number of anilines is 2. The maximum Gasteiger partial charge on any atom is 0.251 e. The summed E-state index contributed by atoms with van der Waals surface area (Å²) in [6.45, 7) is 9.65. The number of amides is 3. The molecule has 3 aliphatic rings. The van der Waals surface area contributed by atoms with E-state index in [-0.39, 0.29) is 41.0 Å². The molecule has 7 nitrogen and oxygen atoms in total. The van der Waals surface area contributed by atoms with E-state index in [9.17, 15) is 19.5 Å². The lowest BCUT2D eigenvalue weighted by atomic mass is 9.70. The number of para-hydroxylation sites is 1. The SMILES string of the molecule is C=CCN(C(=O)C1N([C@H](C)CO)C(=O)[C@@H]2[C@@H](C(=O)N(CC=C)c3ccccc3)[C@@H]3SC12CC3Br)c1ccc(Cl)cc1. The van der Waals surface area contributed by atoms with Crippen LogP contribution >= 0.6 is 39.3 Å². The van der Waals surface area contributed by atoms with Gasteiger partial charge in [-0.2, -0.15) is 0 Å². The van der Waals surface area contributed by atoms with Crippen molar-refractivity contribution in [3.05, 3.63) is 84.9 Å². The zero-order valence-electron chi connectivity index (χ0n) is 22.7. The summed E-state index contributed by atoms with van der Waals surface area (Å²) >= 11 is 11.5. The Morgan fingerprint density at radius 3 is 2.27 bits per heavy atom. The normalized spacial score (nSPS) is 28.7. The largest absolute Gasteiger partial charge is 0.394 e. The Morgan fingerprint density at radius 2 is 1.68 bits per heavy atom. The summed E-state index contributed by atoms with van der Waals surface area (Å²) in [7, 11) is 0. The van der Waals surface area contributed by atoms with E-state index in [1.165, 1.54) is 4.90 Å². The average Bonchev–Trinajstić information content (AvgIpc) is 3.57. The van der Waals surface area contributed by atoms with Crippen molar-refractivity contribution in [3.63, 3.8) is 0 Å². The molecular formula is C31H33BrClN3O4S. The van der Waals surface area contributed by atoms with Crippen LogP contribution < -0.4 is 9.80 Å². The third-order valence-corrected chi connectivity index (χ3v) is 11.8. The summed E-state index contributed by atoms with van der Waals surface area (Å²) in [5.41, 5.74) is 1.36. The maximum atomic E-state index is 14.6. The first kappa shape index (κ1) is 29.9. The van der Waals surface area contributed by atoms with Crippen LogP contribution in [0.25, 0.3) is 0 Å². The van der Waals surface area contributed by atoms with Gasteiger partial charge in [-0.05, 0) is 49.7 Å². The van der Waals surface area contributed by atoms with Crippen LogP contribution in [0.4, 0.5) is 11.4 Å². The zero-order chi connectivity index (χ0) is 29.5. The fourth-order valence-electron chi connectivity index (χ4n) is 6.65. The smallest absolute Gasteiger partial charge is 0.251 e. The van der Waals surface area contributed by atoms with E-state index in [2.05, 4.69) is 29.1 Å². The van der Waals surface area contributed by atoms with Crippen LogP contribution in [0.1, 0.15) is 13.3 Å². The minimum absolute atomic E-state index is 0.0741. The Kier molecular flexibility index (Phi) is 8.71. The molecule has 3 fully saturated rings. The standard InChI is InChI=1S/C31H33BrClN3O4S/c1-4-15-34(21-9-7-6-8-10-21)28(38)24-25-29(39)36(19(3)18-37)27(31(25)17-23(32)26(24)41-31)30(40)35(16-5-2)22-13-11-20(33)12-14-22/h4-14,19,23-27,37H,1-2,15-18H2,3H3/t19-,23?,24-,25+,26-,27?,31?/m1/s1. The molecule has 1 spiro atoms. The highest BCUT2D eigenvalue weighted by Crippen LogP contribution is 2.68. The second-order valence-corrected chi connectivity index (χ2v) is 13.9. The van der Waals surface area contributed by atoms with Crippen molar-refractivity contribution in [2.24, 2.45) is 11.8 Å². The van der Waals surface area contributed by atoms with Crippen molar-refractivity contribution >= 4 is 68.4 Å². The minimum atomic E-state index is -0.879. The van der Waals surface area contributed by atoms with Crippen LogP contribution in [0, 0.1) is 11.8 Å². The number of alkyl halides is 1. The van der Waals surface area contributed by atoms with Gasteiger partial charge in [0.25, 0.3) is 5.91 Å². The van der Waals surface area contributed by atoms with Crippen molar-refractivity contribution in [2.75, 3.05) is 29.5 Å². The van der Waals surface area contributed by atoms with Crippen LogP contribution in [0.15, 0.2) is 79.9 Å². The van der Waals surface area contributed by atoms with E-state index in [1.54, 1.807) is 64.9 Å². The molecule has 3 heterocycles. The molecule has 3 unspecified atom stereocenters. The predicted molar refractivity (Wildman–Crippen MR) is 169 cm³/mol. The highest BCUT2D eigenvalue weighted by atomic mass is 79.9. The van der Waals surface area contributed by atoms with Gasteiger partial charge in [-0.25, -0.2) is 0 Å². The van der Waals surface area contributed by atoms with Crippen LogP contribution in [-0.4, -0.2) is 74.3 Å². The average molecular weight is 659 g/mol. The molecule has 0 aliphatic carbocycles. The molecule has 3 amide bonds. The number of carbonyl (C=O) groups is 3. The molecule has 3 aliphatic heterocycles. The molecule has 216 valence electrons. The van der Waals surface area contributed by atoms with Crippen LogP contribution in [0.5, 0.6) is 0 Å². The van der Waals surface area contributed by atoms with Crippen molar-refractivity contribution in [3.8, 4) is 0 Å². The Balaban J connectivity index is 1.60. The Hall–Kier alpha value is -2.59. The van der Waals surface area contributed by atoms with E-state index in [0.717, 1.165) is 5.69 Å². The van der Waals surface area contributed by atoms with Gasteiger partial charge in [-0.15, -0.1) is 24.9 Å². The van der Waals surface area contributed by atoms with Gasteiger partial charge in [0.05, 0.1) is 29.2 Å². The second-order valence-electron chi connectivity index (χ2n) is 10.7. The lowest BCUT2D eigenvalue weighted by Gasteiger charge is -2.39. The Morgan fingerprint density at radius 1 is 1.10 bits per heavy atom. The lowest BCUT2D eigenvalue weighted by molar-refractivity contribution is -0.141. The molecule has 0 aromatic heterocycles. The van der Waals surface area contributed by atoms with Crippen molar-refractivity contribution < 1.29 is 19.5 Å². The molecule has 2 aromatic rings. The number of fused-ring (bicyclic) bond motifs is 1. The van der Waals surface area contributed by atoms with E-state index >= 15 is 0 Å². The number of rotatable bonds is 10. The molecule has 2 bridgehead atoms. The van der Waals surface area contributed by atoms with Crippen molar-refractivity contribution in [1.82, 2.24) is 4.90 Å². The Bertz CT molecular complexity index is 1340. The summed E-state index contributed by atoms with van der Waals surface area (Å²) in [5.74, 6) is -2.06. The van der Waals surface area contributed by atoms with Gasteiger partial charge in [-0.1, -0.05) is 57.9 Å². The van der Waals surface area contributed by atoms with Crippen molar-refractivity contribution in [1.29, 1.82) is 0 Å². The molecule has 10 heteroatoms. The van der Waals surface area contributed by atoms with Crippen LogP contribution in [0.2, 0.25) is 5.02 Å². The first-order valence-electron chi connectivity index (χ1n) is 13.6. The molecule has 2 aromatic carbocycles. The number of hydrogen-bond donors (Lipinski definition) is 1. The molecular weight excluding hydrogens is 626 g/mol. The summed E-state index contributed by atoms with van der Waals surface area (Å²) in [5, 5.41) is 10.6. The third-order valence-electron chi connectivity index (χ3n) is 8.35. The van der Waals surface area contributed by atoms with E-state index in [4.69, 9.17) is 11.6 Å². The number of thioether (sulfide) groups is 1. The topological polar surface area (TPSA) is 81.2 Å². The first-order chi connectivity index (χ1) is 19.7. The minimum Gasteiger partial charge on any atom is -0.394 e. The summed E-state index contributed by atoms with van der Waals surface area (Å²) in [6.07, 6.45) is 3.86. The first-order valence-corrected chi connectivity index (χ1v) is 15.8. The van der Waals surface area contributed by atoms with E-state index in [0.29, 0.717) is 23.7 Å². The molecule has 41 heavy (non-hydrogen) atoms. The van der Waals surface area contributed by atoms with E-state index in [1.807, 2.05) is 30.3 Å². The van der Waals surface area contributed by atoms with Gasteiger partial charge in [0.2, 0.25) is 11.8 Å². The van der Waals surface area contributed by atoms with Gasteiger partial charge in [0, 0.05) is 39.6 Å². The predicted octanol–water partition coefficient (Wildman–Crippen LogP) is 4.92. The lowest BCUT2D eigenvalue weighted by Crippen LogP contribution is -2.57. The number of likely N-dealkylation sites (tertiary alicyclic amines) is 1. The quantitative estimate of drug-likeness (QED) is 0.290. The van der Waals surface area contributed by atoms with Crippen LogP contribution in [-0.2, 0) is 14.4 Å². The van der Waals surface area contributed by atoms with Gasteiger partial charge in [-0.3, -0.25) is 14.4 Å². The van der Waals surface area contributed by atoms with Gasteiger partial charge >= 0.3 is 0 Å². The fraction of sp³-hybridized carbons (Fsp3) is 0.387. The highest BCUT2D eigenvalue weighted by molar-refractivity contribution is 9.09. The summed E-state index contributed by atoms with van der Waals surface area (Å²) < 4.78 is -0.848. The third kappa shape index (κ3) is 4.94. The monoisotopic (exact) mass is 657 g/mol. The van der Waals surface area contributed by atoms with Gasteiger partial charge in [0.15, 0.2) is 0 Å². The van der Waals surface area contributed by atoms with Crippen LogP contribution in [0.3, 0.4) is 0 Å². The number of aliphatic hydroxyl groups excluding tert-OH is 1. The number of aliphatic hydroxyl groups is 1. The molecule has 3 saturated heterocycles. The number of carbonyl (C=O) groups excluding carboxylic acids is 3. The molecule has 5 rings (SSSR count). The molecule has 0 radical (unpaired) electrons. The molecule has 1 N–H and O–H groups in total. The molecule has 0 saturated carbocycles. The van der Waals surface area contributed by atoms with E-state index < -0.39 is 28.7 Å². The second kappa shape index (κ2) is 12.0. The summed E-state index contributed by atoms with van der Waals surface area (Å²) in [4.78, 5) is 48.1. The highest BCUT2D eigenvalue weighted by Gasteiger charge is 2.76. The van der Waals surface area contributed by atoms with Gasteiger partial charge < -0.3 is 19.8 Å². The number of hydrogen-bond acceptors (Lipinski definition) is 5. The number of benzene rings is 2. The zero-order valence-corrected chi connectivity index (χ0v) is 25.9. The Labute approximate surface area is 258 Å². The number of nitrogens with zero attached hydrogens (tertiary/aromatic N) is 3. The number of halogens is 2. The van der Waals surface area contributed by atoms with Crippen molar-refractivity contribution in [2.45, 2.75) is 40.3 Å².